The molecule has 1 rings (SSSR count). The van der Waals surface area contributed by atoms with Gasteiger partial charge in [0.15, 0.2) is 6.61 Å². The molecule has 0 heterocycles. The van der Waals surface area contributed by atoms with Crippen LogP contribution < -0.4 is 15.2 Å². The van der Waals surface area contributed by atoms with Crippen molar-refractivity contribution in [1.82, 2.24) is 5.32 Å². The molecule has 0 spiro atoms. The molecule has 0 saturated heterocycles. The molecule has 6 heteroatoms. The molecule has 5 nitrogen and oxygen atoms in total. The molecule has 1 aromatic rings. The Kier molecular flexibility index (Phi) is 8.43. The predicted molar refractivity (Wildman–Crippen MR) is 85.9 cm³/mol. The van der Waals surface area contributed by atoms with Gasteiger partial charge in [-0.1, -0.05) is 25.5 Å². The lowest BCUT2D eigenvalue weighted by Crippen LogP contribution is -2.49. The van der Waals surface area contributed by atoms with Crippen LogP contribution in [0.2, 0.25) is 0 Å². The maximum atomic E-state index is 11.7. The van der Waals surface area contributed by atoms with E-state index in [-0.39, 0.29) is 6.61 Å². The third-order valence-electron chi connectivity index (χ3n) is 3.06. The van der Waals surface area contributed by atoms with E-state index in [4.69, 9.17) is 4.74 Å². The van der Waals surface area contributed by atoms with E-state index in [2.05, 4.69) is 12.2 Å². The fourth-order valence-corrected chi connectivity index (χ4v) is 2.38. The summed E-state index contributed by atoms with van der Waals surface area (Å²) >= 11 is 1.52. The summed E-state index contributed by atoms with van der Waals surface area (Å²) in [5, 5.41) is 13.4. The number of carbonyl (C=O) groups is 2. The van der Waals surface area contributed by atoms with Gasteiger partial charge >= 0.3 is 0 Å². The number of aryl methyl sites for hydroxylation is 1. The maximum Gasteiger partial charge on any atom is 0.258 e. The third-order valence-corrected chi connectivity index (χ3v) is 3.71. The fraction of sp³-hybridized carbons (Fsp3) is 0.500. The summed E-state index contributed by atoms with van der Waals surface area (Å²) in [4.78, 5) is 22.7. The lowest BCUT2D eigenvalue weighted by Gasteiger charge is -2.19. The van der Waals surface area contributed by atoms with Crippen molar-refractivity contribution < 1.29 is 19.4 Å². The van der Waals surface area contributed by atoms with Crippen LogP contribution in [0.1, 0.15) is 25.3 Å². The number of benzene rings is 1. The molecule has 0 fully saturated rings. The molecule has 1 atom stereocenters. The Morgan fingerprint density at radius 2 is 2.00 bits per heavy atom. The van der Waals surface area contributed by atoms with Gasteiger partial charge < -0.3 is 20.0 Å². The minimum Gasteiger partial charge on any atom is -0.548 e. The van der Waals surface area contributed by atoms with Crippen molar-refractivity contribution in [2.45, 2.75) is 32.2 Å². The van der Waals surface area contributed by atoms with Crippen molar-refractivity contribution in [2.24, 2.45) is 0 Å². The largest absolute Gasteiger partial charge is 0.548 e. The molecular weight excluding hydrogens is 302 g/mol. The van der Waals surface area contributed by atoms with Gasteiger partial charge in [0.25, 0.3) is 5.91 Å². The van der Waals surface area contributed by atoms with Gasteiger partial charge in [-0.25, -0.2) is 0 Å². The first-order valence-electron chi connectivity index (χ1n) is 7.27. The van der Waals surface area contributed by atoms with Crippen molar-refractivity contribution in [2.75, 3.05) is 18.6 Å². The minimum atomic E-state index is -1.27. The van der Waals surface area contributed by atoms with Crippen LogP contribution in [0.25, 0.3) is 0 Å². The Bertz CT molecular complexity index is 476. The monoisotopic (exact) mass is 324 g/mol. The first-order chi connectivity index (χ1) is 10.6. The molecule has 22 heavy (non-hydrogen) atoms. The quantitative estimate of drug-likeness (QED) is 0.695. The van der Waals surface area contributed by atoms with E-state index in [1.165, 1.54) is 17.3 Å². The lowest BCUT2D eigenvalue weighted by atomic mass is 10.1. The number of hydrogen-bond donors (Lipinski definition) is 1. The van der Waals surface area contributed by atoms with Gasteiger partial charge in [-0.3, -0.25) is 4.79 Å². The van der Waals surface area contributed by atoms with Gasteiger partial charge in [-0.15, -0.1) is 0 Å². The molecule has 0 aromatic heterocycles. The Morgan fingerprint density at radius 3 is 2.55 bits per heavy atom. The predicted octanol–water partition coefficient (Wildman–Crippen LogP) is 1.01. The van der Waals surface area contributed by atoms with Gasteiger partial charge in [0.05, 0.1) is 12.0 Å². The first-order valence-corrected chi connectivity index (χ1v) is 8.67. The van der Waals surface area contributed by atoms with Crippen LogP contribution >= 0.6 is 11.8 Å². The number of carbonyl (C=O) groups excluding carboxylic acids is 2. The highest BCUT2D eigenvalue weighted by molar-refractivity contribution is 7.98. The van der Waals surface area contributed by atoms with E-state index in [0.717, 1.165) is 12.8 Å². The number of nitrogens with one attached hydrogen (secondary N) is 1. The zero-order chi connectivity index (χ0) is 16.4. The van der Waals surface area contributed by atoms with Crippen LogP contribution in [0.4, 0.5) is 0 Å². The van der Waals surface area contributed by atoms with E-state index in [0.29, 0.717) is 17.9 Å². The number of hydrogen-bond acceptors (Lipinski definition) is 5. The maximum absolute atomic E-state index is 11.7. The Hall–Kier alpha value is -1.69. The molecule has 122 valence electrons. The molecular formula is C16H22NO4S-. The topological polar surface area (TPSA) is 78.5 Å². The standard InChI is InChI=1S/C16H23NO4S/c1-3-4-12-5-7-13(8-6-12)21-11-15(18)17-14(16(19)20)9-10-22-2/h5-8,14H,3-4,9-11H2,1-2H3,(H,17,18)(H,19,20)/p-1/t14-/m1/s1. The molecule has 0 aliphatic heterocycles. The van der Waals surface area contributed by atoms with Crippen molar-refractivity contribution in [3.8, 4) is 5.75 Å². The summed E-state index contributed by atoms with van der Waals surface area (Å²) in [5.41, 5.74) is 1.22. The van der Waals surface area contributed by atoms with Crippen LogP contribution in [0, 0.1) is 0 Å². The lowest BCUT2D eigenvalue weighted by molar-refractivity contribution is -0.308. The molecule has 0 bridgehead atoms. The Labute approximate surface area is 135 Å². The van der Waals surface area contributed by atoms with Gasteiger partial charge in [0.1, 0.15) is 5.75 Å². The molecule has 1 aromatic carbocycles. The smallest absolute Gasteiger partial charge is 0.258 e. The molecule has 1 N–H and O–H groups in total. The van der Waals surface area contributed by atoms with Crippen LogP contribution in [0.15, 0.2) is 24.3 Å². The highest BCUT2D eigenvalue weighted by atomic mass is 32.2. The number of rotatable bonds is 10. The molecule has 1 amide bonds. The highest BCUT2D eigenvalue weighted by Gasteiger charge is 2.13. The molecule has 0 radical (unpaired) electrons. The summed E-state index contributed by atoms with van der Waals surface area (Å²) in [6.45, 7) is 1.90. The third kappa shape index (κ3) is 6.85. The van der Waals surface area contributed by atoms with Gasteiger partial charge in [0, 0.05) is 0 Å². The van der Waals surface area contributed by atoms with Gasteiger partial charge in [-0.2, -0.15) is 11.8 Å². The molecule has 0 aliphatic rings. The molecule has 0 unspecified atom stereocenters. The van der Waals surface area contributed by atoms with E-state index < -0.39 is 17.9 Å². The number of ether oxygens (including phenoxy) is 1. The Morgan fingerprint density at radius 1 is 1.32 bits per heavy atom. The number of thioether (sulfide) groups is 1. The highest BCUT2D eigenvalue weighted by Crippen LogP contribution is 2.13. The number of amides is 1. The van der Waals surface area contributed by atoms with Crippen molar-refractivity contribution >= 4 is 23.6 Å². The zero-order valence-electron chi connectivity index (χ0n) is 13.0. The van der Waals surface area contributed by atoms with E-state index in [1.807, 2.05) is 30.5 Å². The molecule has 0 saturated carbocycles. The van der Waals surface area contributed by atoms with Gasteiger partial charge in [-0.05, 0) is 42.5 Å². The zero-order valence-corrected chi connectivity index (χ0v) is 13.8. The second-order valence-corrected chi connectivity index (χ2v) is 5.89. The van der Waals surface area contributed by atoms with Crippen LogP contribution in [-0.2, 0) is 16.0 Å². The number of aliphatic carboxylic acids is 1. The Balaban J connectivity index is 2.42. The van der Waals surface area contributed by atoms with E-state index in [1.54, 1.807) is 0 Å². The number of carboxylic acid groups (broad SMARTS) is 1. The summed E-state index contributed by atoms with van der Waals surface area (Å²) in [6, 6.07) is 6.55. The van der Waals surface area contributed by atoms with Crippen molar-refractivity contribution in [3.05, 3.63) is 29.8 Å². The second kappa shape index (κ2) is 10.1. The van der Waals surface area contributed by atoms with Gasteiger partial charge in [0.2, 0.25) is 0 Å². The van der Waals surface area contributed by atoms with Crippen LogP contribution in [0.5, 0.6) is 5.75 Å². The van der Waals surface area contributed by atoms with Crippen LogP contribution in [-0.4, -0.2) is 36.5 Å². The first kappa shape index (κ1) is 18.4. The summed E-state index contributed by atoms with van der Waals surface area (Å²) in [6.07, 6.45) is 4.28. The fourth-order valence-electron chi connectivity index (χ4n) is 1.91. The number of carboxylic acids is 1. The average molecular weight is 324 g/mol. The van der Waals surface area contributed by atoms with Crippen LogP contribution in [0.3, 0.4) is 0 Å². The normalized spacial score (nSPS) is 11.7. The summed E-state index contributed by atoms with van der Waals surface area (Å²) < 4.78 is 5.36. The van der Waals surface area contributed by atoms with Crippen molar-refractivity contribution in [1.29, 1.82) is 0 Å². The van der Waals surface area contributed by atoms with E-state index >= 15 is 0 Å². The average Bonchev–Trinajstić information content (AvgIpc) is 2.50. The second-order valence-electron chi connectivity index (χ2n) is 4.90. The SMILES string of the molecule is CCCc1ccc(OCC(=O)N[C@H](CCSC)C(=O)[O-])cc1. The minimum absolute atomic E-state index is 0.212. The summed E-state index contributed by atoms with van der Waals surface area (Å²) in [7, 11) is 0. The van der Waals surface area contributed by atoms with E-state index in [9.17, 15) is 14.7 Å². The molecule has 0 aliphatic carbocycles. The summed E-state index contributed by atoms with van der Waals surface area (Å²) in [5.74, 6) is -0.512. The van der Waals surface area contributed by atoms with Crippen molar-refractivity contribution in [3.63, 3.8) is 0 Å².